The average molecular weight is 224 g/mol. The van der Waals surface area contributed by atoms with Crippen LogP contribution in [0.1, 0.15) is 26.2 Å². The van der Waals surface area contributed by atoms with Crippen molar-refractivity contribution in [3.8, 4) is 0 Å². The number of rotatable bonds is 3. The predicted octanol–water partition coefficient (Wildman–Crippen LogP) is 1.24. The van der Waals surface area contributed by atoms with Crippen LogP contribution in [0.5, 0.6) is 0 Å². The van der Waals surface area contributed by atoms with Gasteiger partial charge in [-0.3, -0.25) is 4.79 Å². The summed E-state index contributed by atoms with van der Waals surface area (Å²) in [6, 6.07) is 0.663. The van der Waals surface area contributed by atoms with Crippen LogP contribution in [0.4, 0.5) is 0 Å². The third kappa shape index (κ3) is 2.46. The molecule has 0 aromatic heterocycles. The van der Waals surface area contributed by atoms with Gasteiger partial charge in [-0.05, 0) is 32.9 Å². The van der Waals surface area contributed by atoms with E-state index >= 15 is 0 Å². The monoisotopic (exact) mass is 224 g/mol. The second kappa shape index (κ2) is 4.84. The van der Waals surface area contributed by atoms with E-state index in [1.54, 1.807) is 0 Å². The molecule has 92 valence electrons. The molecule has 0 radical (unpaired) electrons. The highest BCUT2D eigenvalue weighted by Gasteiger charge is 2.34. The molecule has 3 unspecified atom stereocenters. The number of Topliss-reactive ketones (excluding diaryl/α,β-unsaturated/α-hetero) is 1. The van der Waals surface area contributed by atoms with E-state index in [2.05, 4.69) is 30.8 Å². The van der Waals surface area contributed by atoms with Crippen LogP contribution in [0.3, 0.4) is 0 Å². The molecule has 1 heterocycles. The van der Waals surface area contributed by atoms with Gasteiger partial charge in [0.1, 0.15) is 5.78 Å². The zero-order chi connectivity index (χ0) is 11.7. The summed E-state index contributed by atoms with van der Waals surface area (Å²) in [5, 5.41) is 0. The van der Waals surface area contributed by atoms with Gasteiger partial charge >= 0.3 is 0 Å². The fourth-order valence-electron chi connectivity index (χ4n) is 3.26. The molecule has 0 aromatic rings. The molecular weight excluding hydrogens is 200 g/mol. The van der Waals surface area contributed by atoms with Crippen LogP contribution in [0.15, 0.2) is 0 Å². The van der Waals surface area contributed by atoms with E-state index in [9.17, 15) is 4.79 Å². The normalized spacial score (nSPS) is 36.5. The summed E-state index contributed by atoms with van der Waals surface area (Å²) in [5.74, 6) is 1.57. The minimum atomic E-state index is 0.341. The van der Waals surface area contributed by atoms with E-state index in [4.69, 9.17) is 0 Å². The van der Waals surface area contributed by atoms with Crippen molar-refractivity contribution >= 4 is 5.78 Å². The van der Waals surface area contributed by atoms with Crippen molar-refractivity contribution in [1.29, 1.82) is 0 Å². The van der Waals surface area contributed by atoms with Gasteiger partial charge in [-0.25, -0.2) is 0 Å². The first kappa shape index (κ1) is 12.1. The molecule has 3 heteroatoms. The molecule has 1 aliphatic heterocycles. The number of hydrogen-bond acceptors (Lipinski definition) is 3. The van der Waals surface area contributed by atoms with E-state index < -0.39 is 0 Å². The minimum absolute atomic E-state index is 0.341. The highest BCUT2D eigenvalue weighted by atomic mass is 16.1. The second-order valence-corrected chi connectivity index (χ2v) is 5.78. The molecule has 2 aliphatic rings. The van der Waals surface area contributed by atoms with E-state index in [1.165, 1.54) is 0 Å². The molecular formula is C13H24N2O. The summed E-state index contributed by atoms with van der Waals surface area (Å²) < 4.78 is 0. The van der Waals surface area contributed by atoms with Gasteiger partial charge in [0, 0.05) is 38.0 Å². The van der Waals surface area contributed by atoms with Crippen LogP contribution in [-0.4, -0.2) is 55.4 Å². The Labute approximate surface area is 98.8 Å². The van der Waals surface area contributed by atoms with Crippen molar-refractivity contribution in [3.05, 3.63) is 0 Å². The van der Waals surface area contributed by atoms with Gasteiger partial charge in [-0.15, -0.1) is 0 Å². The van der Waals surface area contributed by atoms with Crippen LogP contribution < -0.4 is 0 Å². The lowest BCUT2D eigenvalue weighted by Crippen LogP contribution is -2.35. The lowest BCUT2D eigenvalue weighted by molar-refractivity contribution is -0.121. The number of likely N-dealkylation sites (N-methyl/N-ethyl adjacent to an activating group) is 1. The molecule has 0 spiro atoms. The fraction of sp³-hybridized carbons (Fsp3) is 0.923. The Kier molecular flexibility index (Phi) is 3.65. The second-order valence-electron chi connectivity index (χ2n) is 5.78. The Morgan fingerprint density at radius 1 is 1.38 bits per heavy atom. The predicted molar refractivity (Wildman–Crippen MR) is 65.4 cm³/mol. The SMILES string of the molecule is CC1CN(CC2CCCC2=O)CC1N(C)C. The number of likely N-dealkylation sites (tertiary alicyclic amines) is 1. The lowest BCUT2D eigenvalue weighted by atomic mass is 10.1. The molecule has 1 saturated carbocycles. The standard InChI is InChI=1S/C13H24N2O/c1-10-7-15(9-12(10)14(2)3)8-11-5-4-6-13(11)16/h10-12H,4-9H2,1-3H3. The van der Waals surface area contributed by atoms with E-state index in [-0.39, 0.29) is 0 Å². The van der Waals surface area contributed by atoms with Gasteiger partial charge in [0.2, 0.25) is 0 Å². The molecule has 0 bridgehead atoms. The molecule has 2 rings (SSSR count). The van der Waals surface area contributed by atoms with Crippen LogP contribution in [0, 0.1) is 11.8 Å². The molecule has 1 aliphatic carbocycles. The number of carbonyl (C=O) groups excluding carboxylic acids is 1. The Morgan fingerprint density at radius 2 is 2.12 bits per heavy atom. The van der Waals surface area contributed by atoms with Crippen LogP contribution in [0.2, 0.25) is 0 Å². The lowest BCUT2D eigenvalue weighted by Gasteiger charge is -2.23. The molecule has 2 fully saturated rings. The Hall–Kier alpha value is -0.410. The Morgan fingerprint density at radius 3 is 2.62 bits per heavy atom. The summed E-state index contributed by atoms with van der Waals surface area (Å²) >= 11 is 0. The van der Waals surface area contributed by atoms with Gasteiger partial charge in [0.05, 0.1) is 0 Å². The highest BCUT2D eigenvalue weighted by Crippen LogP contribution is 2.26. The van der Waals surface area contributed by atoms with Gasteiger partial charge in [0.25, 0.3) is 0 Å². The zero-order valence-electron chi connectivity index (χ0n) is 10.8. The third-order valence-corrected chi connectivity index (χ3v) is 4.22. The molecule has 16 heavy (non-hydrogen) atoms. The van der Waals surface area contributed by atoms with Crippen LogP contribution >= 0.6 is 0 Å². The minimum Gasteiger partial charge on any atom is -0.305 e. The maximum atomic E-state index is 11.6. The quantitative estimate of drug-likeness (QED) is 0.720. The largest absolute Gasteiger partial charge is 0.305 e. The smallest absolute Gasteiger partial charge is 0.137 e. The zero-order valence-corrected chi connectivity index (χ0v) is 10.8. The van der Waals surface area contributed by atoms with Gasteiger partial charge in [-0.1, -0.05) is 6.92 Å². The summed E-state index contributed by atoms with van der Waals surface area (Å²) in [5.41, 5.74) is 0. The highest BCUT2D eigenvalue weighted by molar-refractivity contribution is 5.83. The van der Waals surface area contributed by atoms with Crippen LogP contribution in [0.25, 0.3) is 0 Å². The number of ketones is 1. The molecule has 3 atom stereocenters. The van der Waals surface area contributed by atoms with Crippen molar-refractivity contribution in [2.24, 2.45) is 11.8 Å². The van der Waals surface area contributed by atoms with Crippen molar-refractivity contribution in [2.45, 2.75) is 32.2 Å². The number of hydrogen-bond donors (Lipinski definition) is 0. The molecule has 0 amide bonds. The molecule has 0 aromatic carbocycles. The molecule has 1 saturated heterocycles. The third-order valence-electron chi connectivity index (χ3n) is 4.22. The van der Waals surface area contributed by atoms with E-state index in [0.29, 0.717) is 17.7 Å². The van der Waals surface area contributed by atoms with Gasteiger partial charge in [-0.2, -0.15) is 0 Å². The topological polar surface area (TPSA) is 23.6 Å². The van der Waals surface area contributed by atoms with Gasteiger partial charge in [0.15, 0.2) is 0 Å². The van der Waals surface area contributed by atoms with Crippen molar-refractivity contribution in [3.63, 3.8) is 0 Å². The first-order chi connectivity index (χ1) is 7.58. The number of nitrogens with zero attached hydrogens (tertiary/aromatic N) is 2. The summed E-state index contributed by atoms with van der Waals surface area (Å²) in [4.78, 5) is 16.4. The first-order valence-electron chi connectivity index (χ1n) is 6.49. The fourth-order valence-corrected chi connectivity index (χ4v) is 3.26. The van der Waals surface area contributed by atoms with E-state index in [1.807, 2.05) is 0 Å². The maximum absolute atomic E-state index is 11.6. The summed E-state index contributed by atoms with van der Waals surface area (Å²) in [6.45, 7) is 5.62. The Balaban J connectivity index is 1.86. The van der Waals surface area contributed by atoms with Gasteiger partial charge < -0.3 is 9.80 Å². The maximum Gasteiger partial charge on any atom is 0.137 e. The number of carbonyl (C=O) groups is 1. The van der Waals surface area contributed by atoms with Crippen molar-refractivity contribution in [1.82, 2.24) is 9.80 Å². The van der Waals surface area contributed by atoms with Crippen molar-refractivity contribution < 1.29 is 4.79 Å². The Bertz CT molecular complexity index is 265. The average Bonchev–Trinajstić information content (AvgIpc) is 2.75. The van der Waals surface area contributed by atoms with Crippen molar-refractivity contribution in [2.75, 3.05) is 33.7 Å². The van der Waals surface area contributed by atoms with Crippen LogP contribution in [-0.2, 0) is 4.79 Å². The van der Waals surface area contributed by atoms with E-state index in [0.717, 1.165) is 44.8 Å². The summed E-state index contributed by atoms with van der Waals surface area (Å²) in [6.07, 6.45) is 3.06. The summed E-state index contributed by atoms with van der Waals surface area (Å²) in [7, 11) is 4.32. The molecule has 0 N–H and O–H groups in total. The molecule has 3 nitrogen and oxygen atoms in total. The first-order valence-corrected chi connectivity index (χ1v) is 6.49.